The van der Waals surface area contributed by atoms with Gasteiger partial charge in [0.15, 0.2) is 0 Å². The van der Waals surface area contributed by atoms with Gasteiger partial charge in [0.05, 0.1) is 0 Å². The molecule has 158 valence electrons. The standard InChI is InChI=1S/C31H20F2/c1-19-28(32)17-23(18-29(19)33)31-26-12-6-4-10-24(26)30(25-11-5-7-13-27(25)31)22-15-14-20-8-2-3-9-21(20)16-22/h2-18H,1H3. The third-order valence-electron chi connectivity index (χ3n) is 6.54. The van der Waals surface area contributed by atoms with Crippen LogP contribution in [0, 0.1) is 18.6 Å². The van der Waals surface area contributed by atoms with Crippen molar-refractivity contribution in [1.82, 2.24) is 0 Å². The molecule has 0 aliphatic carbocycles. The fourth-order valence-electron chi connectivity index (χ4n) is 4.88. The summed E-state index contributed by atoms with van der Waals surface area (Å²) in [6, 6.07) is 34.0. The highest BCUT2D eigenvalue weighted by molar-refractivity contribution is 6.21. The first kappa shape index (κ1) is 19.6. The number of hydrogen-bond acceptors (Lipinski definition) is 0. The zero-order valence-electron chi connectivity index (χ0n) is 18.1. The van der Waals surface area contributed by atoms with Gasteiger partial charge in [0.2, 0.25) is 0 Å². The summed E-state index contributed by atoms with van der Waals surface area (Å²) in [6.07, 6.45) is 0. The Hall–Kier alpha value is -4.04. The predicted octanol–water partition coefficient (Wildman–Crippen LogP) is 9.07. The van der Waals surface area contributed by atoms with Gasteiger partial charge in [0.1, 0.15) is 11.6 Å². The molecular weight excluding hydrogens is 410 g/mol. The van der Waals surface area contributed by atoms with E-state index in [-0.39, 0.29) is 5.56 Å². The third-order valence-corrected chi connectivity index (χ3v) is 6.54. The highest BCUT2D eigenvalue weighted by Gasteiger charge is 2.18. The lowest BCUT2D eigenvalue weighted by Crippen LogP contribution is -1.94. The Kier molecular flexibility index (Phi) is 4.48. The van der Waals surface area contributed by atoms with Crippen LogP contribution in [0.3, 0.4) is 0 Å². The van der Waals surface area contributed by atoms with Gasteiger partial charge in [-0.2, -0.15) is 0 Å². The van der Waals surface area contributed by atoms with E-state index in [1.807, 2.05) is 48.5 Å². The Bertz CT molecular complexity index is 1620. The molecule has 0 unspecified atom stereocenters. The van der Waals surface area contributed by atoms with Gasteiger partial charge in [0.25, 0.3) is 0 Å². The summed E-state index contributed by atoms with van der Waals surface area (Å²) in [7, 11) is 0. The van der Waals surface area contributed by atoms with Crippen LogP contribution in [0.5, 0.6) is 0 Å². The summed E-state index contributed by atoms with van der Waals surface area (Å²) in [5, 5.41) is 6.43. The summed E-state index contributed by atoms with van der Waals surface area (Å²) in [6.45, 7) is 1.47. The lowest BCUT2D eigenvalue weighted by atomic mass is 9.85. The van der Waals surface area contributed by atoms with Gasteiger partial charge in [-0.3, -0.25) is 0 Å². The first-order valence-electron chi connectivity index (χ1n) is 11.0. The molecular formula is C31H20F2. The van der Waals surface area contributed by atoms with E-state index < -0.39 is 11.6 Å². The quantitative estimate of drug-likeness (QED) is 0.240. The molecule has 0 aliphatic rings. The number of hydrogen-bond donors (Lipinski definition) is 0. The van der Waals surface area contributed by atoms with Gasteiger partial charge in [-0.1, -0.05) is 84.9 Å². The Morgan fingerprint density at radius 1 is 0.455 bits per heavy atom. The number of rotatable bonds is 2. The molecule has 0 saturated carbocycles. The van der Waals surface area contributed by atoms with Crippen molar-refractivity contribution in [2.75, 3.05) is 0 Å². The fourth-order valence-corrected chi connectivity index (χ4v) is 4.88. The molecule has 0 N–H and O–H groups in total. The average molecular weight is 430 g/mol. The van der Waals surface area contributed by atoms with Crippen molar-refractivity contribution in [1.29, 1.82) is 0 Å². The van der Waals surface area contributed by atoms with Crippen molar-refractivity contribution in [3.05, 3.63) is 120 Å². The second-order valence-electron chi connectivity index (χ2n) is 8.47. The van der Waals surface area contributed by atoms with E-state index in [2.05, 4.69) is 42.5 Å². The van der Waals surface area contributed by atoms with Crippen molar-refractivity contribution in [3.8, 4) is 22.3 Å². The maximum absolute atomic E-state index is 14.6. The Morgan fingerprint density at radius 2 is 0.909 bits per heavy atom. The van der Waals surface area contributed by atoms with Crippen molar-refractivity contribution in [3.63, 3.8) is 0 Å². The molecule has 33 heavy (non-hydrogen) atoms. The normalized spacial score (nSPS) is 11.5. The van der Waals surface area contributed by atoms with Gasteiger partial charge < -0.3 is 0 Å². The lowest BCUT2D eigenvalue weighted by molar-refractivity contribution is 0.569. The summed E-state index contributed by atoms with van der Waals surface area (Å²) >= 11 is 0. The Balaban J connectivity index is 1.77. The van der Waals surface area contributed by atoms with Crippen LogP contribution < -0.4 is 0 Å². The highest BCUT2D eigenvalue weighted by Crippen LogP contribution is 2.44. The topological polar surface area (TPSA) is 0 Å². The van der Waals surface area contributed by atoms with Crippen LogP contribution in [0.2, 0.25) is 0 Å². The minimum absolute atomic E-state index is 0.0418. The van der Waals surface area contributed by atoms with E-state index in [0.29, 0.717) is 5.56 Å². The van der Waals surface area contributed by atoms with Crippen molar-refractivity contribution >= 4 is 32.3 Å². The minimum Gasteiger partial charge on any atom is -0.207 e. The number of halogens is 2. The molecule has 0 amide bonds. The molecule has 0 radical (unpaired) electrons. The minimum atomic E-state index is -0.531. The molecule has 0 saturated heterocycles. The predicted molar refractivity (Wildman–Crippen MR) is 134 cm³/mol. The van der Waals surface area contributed by atoms with E-state index in [1.54, 1.807) is 0 Å². The molecule has 0 bridgehead atoms. The Labute approximate surface area is 190 Å². The number of fused-ring (bicyclic) bond motifs is 3. The van der Waals surface area contributed by atoms with Crippen LogP contribution in [0.4, 0.5) is 8.78 Å². The molecule has 0 fully saturated rings. The largest absolute Gasteiger partial charge is 0.207 e. The van der Waals surface area contributed by atoms with Crippen LogP contribution in [0.25, 0.3) is 54.6 Å². The molecule has 6 aromatic carbocycles. The summed E-state index contributed by atoms with van der Waals surface area (Å²) in [4.78, 5) is 0. The van der Waals surface area contributed by atoms with E-state index in [4.69, 9.17) is 0 Å². The van der Waals surface area contributed by atoms with Crippen molar-refractivity contribution < 1.29 is 8.78 Å². The highest BCUT2D eigenvalue weighted by atomic mass is 19.1. The molecule has 0 aliphatic heterocycles. The van der Waals surface area contributed by atoms with E-state index in [1.165, 1.54) is 29.8 Å². The fraction of sp³-hybridized carbons (Fsp3) is 0.0323. The summed E-state index contributed by atoms with van der Waals surface area (Å²) in [5.74, 6) is -1.06. The average Bonchev–Trinajstić information content (AvgIpc) is 2.85. The maximum Gasteiger partial charge on any atom is 0.129 e. The van der Waals surface area contributed by atoms with Crippen molar-refractivity contribution in [2.45, 2.75) is 6.92 Å². The van der Waals surface area contributed by atoms with Crippen LogP contribution in [0.1, 0.15) is 5.56 Å². The van der Waals surface area contributed by atoms with E-state index in [0.717, 1.165) is 38.2 Å². The molecule has 2 heteroatoms. The van der Waals surface area contributed by atoms with Crippen LogP contribution in [-0.4, -0.2) is 0 Å². The maximum atomic E-state index is 14.6. The zero-order valence-corrected chi connectivity index (χ0v) is 18.1. The van der Waals surface area contributed by atoms with Crippen LogP contribution in [0.15, 0.2) is 103 Å². The monoisotopic (exact) mass is 430 g/mol. The molecule has 0 heterocycles. The van der Waals surface area contributed by atoms with E-state index in [9.17, 15) is 8.78 Å². The first-order valence-corrected chi connectivity index (χ1v) is 11.0. The zero-order chi connectivity index (χ0) is 22.5. The first-order chi connectivity index (χ1) is 16.1. The van der Waals surface area contributed by atoms with Crippen LogP contribution in [-0.2, 0) is 0 Å². The molecule has 0 nitrogen and oxygen atoms in total. The lowest BCUT2D eigenvalue weighted by Gasteiger charge is -2.18. The second kappa shape index (κ2) is 7.53. The summed E-state index contributed by atoms with van der Waals surface area (Å²) in [5.41, 5.74) is 3.69. The number of benzene rings is 6. The molecule has 6 aromatic rings. The third kappa shape index (κ3) is 3.10. The van der Waals surface area contributed by atoms with Gasteiger partial charge in [0, 0.05) is 5.56 Å². The van der Waals surface area contributed by atoms with Gasteiger partial charge in [-0.25, -0.2) is 8.78 Å². The molecule has 0 aromatic heterocycles. The Morgan fingerprint density at radius 3 is 1.45 bits per heavy atom. The SMILES string of the molecule is Cc1c(F)cc(-c2c3ccccc3c(-c3ccc4ccccc4c3)c3ccccc23)cc1F. The molecule has 6 rings (SSSR count). The van der Waals surface area contributed by atoms with Gasteiger partial charge in [-0.05, 0) is 79.7 Å². The summed E-state index contributed by atoms with van der Waals surface area (Å²) < 4.78 is 29.2. The van der Waals surface area contributed by atoms with Crippen molar-refractivity contribution in [2.24, 2.45) is 0 Å². The second-order valence-corrected chi connectivity index (χ2v) is 8.47. The smallest absolute Gasteiger partial charge is 0.129 e. The van der Waals surface area contributed by atoms with E-state index >= 15 is 0 Å². The van der Waals surface area contributed by atoms with Gasteiger partial charge in [-0.15, -0.1) is 0 Å². The van der Waals surface area contributed by atoms with Crippen LogP contribution >= 0.6 is 0 Å². The van der Waals surface area contributed by atoms with Gasteiger partial charge >= 0.3 is 0 Å². The molecule has 0 spiro atoms. The molecule has 0 atom stereocenters.